The second kappa shape index (κ2) is 7.35. The Bertz CT molecular complexity index is 587. The Labute approximate surface area is 130 Å². The highest BCUT2D eigenvalue weighted by molar-refractivity contribution is 9.10. The van der Waals surface area contributed by atoms with E-state index in [9.17, 15) is 4.79 Å². The summed E-state index contributed by atoms with van der Waals surface area (Å²) >= 11 is 4.98. The number of nitrogens with one attached hydrogen (secondary N) is 2. The first-order chi connectivity index (χ1) is 9.69. The number of thiophene rings is 1. The van der Waals surface area contributed by atoms with Gasteiger partial charge in [0.1, 0.15) is 11.5 Å². The van der Waals surface area contributed by atoms with Crippen molar-refractivity contribution < 1.29 is 4.79 Å². The molecule has 7 heteroatoms. The number of hydrogen-bond donors (Lipinski definition) is 2. The second-order valence-corrected chi connectivity index (χ2v) is 6.04. The van der Waals surface area contributed by atoms with Crippen LogP contribution in [-0.2, 0) is 6.54 Å². The van der Waals surface area contributed by atoms with E-state index in [4.69, 9.17) is 0 Å². The molecule has 0 saturated carbocycles. The molecule has 0 aliphatic rings. The molecule has 2 heterocycles. The molecule has 5 nitrogen and oxygen atoms in total. The smallest absolute Gasteiger partial charge is 0.271 e. The van der Waals surface area contributed by atoms with Gasteiger partial charge in [-0.15, -0.1) is 11.3 Å². The summed E-state index contributed by atoms with van der Waals surface area (Å²) in [6.45, 7) is 3.36. The topological polar surface area (TPSA) is 66.9 Å². The van der Waals surface area contributed by atoms with E-state index >= 15 is 0 Å². The quantitative estimate of drug-likeness (QED) is 0.836. The van der Waals surface area contributed by atoms with E-state index in [0.29, 0.717) is 18.1 Å². The van der Waals surface area contributed by atoms with Crippen LogP contribution in [0.3, 0.4) is 0 Å². The molecule has 0 saturated heterocycles. The van der Waals surface area contributed by atoms with E-state index < -0.39 is 0 Å². The molecule has 0 aromatic carbocycles. The maximum Gasteiger partial charge on any atom is 0.271 e. The van der Waals surface area contributed by atoms with Crippen LogP contribution in [0, 0.1) is 0 Å². The van der Waals surface area contributed by atoms with Crippen LogP contribution in [0.5, 0.6) is 0 Å². The molecule has 0 spiro atoms. The van der Waals surface area contributed by atoms with E-state index in [1.165, 1.54) is 6.20 Å². The zero-order chi connectivity index (χ0) is 14.4. The first-order valence-electron chi connectivity index (χ1n) is 6.26. The standard InChI is InChI=1S/C13H15BrN4OS/c1-2-3-16-12-7-15-6-11(18-12)13(19)17-5-10-4-9(14)8-20-10/h4,6-8H,2-3,5H2,1H3,(H,16,18)(H,17,19). The Kier molecular flexibility index (Phi) is 5.49. The maximum atomic E-state index is 12.0. The summed E-state index contributed by atoms with van der Waals surface area (Å²) in [5, 5.41) is 7.92. The van der Waals surface area contributed by atoms with Crippen LogP contribution in [0.4, 0.5) is 5.82 Å². The Hall–Kier alpha value is -1.47. The largest absolute Gasteiger partial charge is 0.369 e. The second-order valence-electron chi connectivity index (χ2n) is 4.13. The summed E-state index contributed by atoms with van der Waals surface area (Å²) in [7, 11) is 0. The van der Waals surface area contributed by atoms with Gasteiger partial charge in [-0.05, 0) is 28.4 Å². The summed E-state index contributed by atoms with van der Waals surface area (Å²) < 4.78 is 1.03. The van der Waals surface area contributed by atoms with Crippen molar-refractivity contribution in [3.05, 3.63) is 38.9 Å². The predicted octanol–water partition coefficient (Wildman–Crippen LogP) is 3.05. The van der Waals surface area contributed by atoms with E-state index in [2.05, 4.69) is 43.5 Å². The number of aromatic nitrogens is 2. The Balaban J connectivity index is 1.94. The number of carbonyl (C=O) groups excluding carboxylic acids is 1. The lowest BCUT2D eigenvalue weighted by molar-refractivity contribution is 0.0946. The molecule has 2 aromatic rings. The molecule has 20 heavy (non-hydrogen) atoms. The lowest BCUT2D eigenvalue weighted by atomic mass is 10.4. The third-order valence-corrected chi connectivity index (χ3v) is 4.17. The fourth-order valence-corrected chi connectivity index (χ4v) is 2.91. The molecule has 0 bridgehead atoms. The van der Waals surface area contributed by atoms with Gasteiger partial charge in [0.2, 0.25) is 0 Å². The van der Waals surface area contributed by atoms with Crippen LogP contribution in [0.2, 0.25) is 0 Å². The molecule has 0 atom stereocenters. The molecule has 106 valence electrons. The van der Waals surface area contributed by atoms with Crippen molar-refractivity contribution in [2.45, 2.75) is 19.9 Å². The monoisotopic (exact) mass is 354 g/mol. The number of hydrogen-bond acceptors (Lipinski definition) is 5. The number of rotatable bonds is 6. The van der Waals surface area contributed by atoms with Crippen molar-refractivity contribution in [2.75, 3.05) is 11.9 Å². The third-order valence-electron chi connectivity index (χ3n) is 2.47. The van der Waals surface area contributed by atoms with Gasteiger partial charge < -0.3 is 10.6 Å². The van der Waals surface area contributed by atoms with Crippen molar-refractivity contribution in [1.29, 1.82) is 0 Å². The van der Waals surface area contributed by atoms with Crippen LogP contribution in [0.25, 0.3) is 0 Å². The highest BCUT2D eigenvalue weighted by Crippen LogP contribution is 2.19. The molecule has 2 rings (SSSR count). The predicted molar refractivity (Wildman–Crippen MR) is 84.0 cm³/mol. The summed E-state index contributed by atoms with van der Waals surface area (Å²) in [6, 6.07) is 1.98. The molecule has 2 N–H and O–H groups in total. The minimum absolute atomic E-state index is 0.220. The lowest BCUT2D eigenvalue weighted by Gasteiger charge is -2.06. The maximum absolute atomic E-state index is 12.0. The molecule has 0 fully saturated rings. The van der Waals surface area contributed by atoms with Crippen molar-refractivity contribution in [3.8, 4) is 0 Å². The van der Waals surface area contributed by atoms with Crippen molar-refractivity contribution in [3.63, 3.8) is 0 Å². The molecule has 1 amide bonds. The molecular formula is C13H15BrN4OS. The normalized spacial score (nSPS) is 10.3. The van der Waals surface area contributed by atoms with Gasteiger partial charge >= 0.3 is 0 Å². The fraction of sp³-hybridized carbons (Fsp3) is 0.308. The van der Waals surface area contributed by atoms with Gasteiger partial charge in [0.15, 0.2) is 0 Å². The molecule has 0 aliphatic carbocycles. The van der Waals surface area contributed by atoms with E-state index in [-0.39, 0.29) is 5.91 Å². The Morgan fingerprint density at radius 1 is 1.45 bits per heavy atom. The van der Waals surface area contributed by atoms with Gasteiger partial charge in [-0.2, -0.15) is 0 Å². The van der Waals surface area contributed by atoms with Crippen LogP contribution in [0.15, 0.2) is 28.3 Å². The molecule has 0 aliphatic heterocycles. The molecule has 2 aromatic heterocycles. The highest BCUT2D eigenvalue weighted by atomic mass is 79.9. The Morgan fingerprint density at radius 3 is 3.00 bits per heavy atom. The number of amides is 1. The zero-order valence-corrected chi connectivity index (χ0v) is 13.4. The van der Waals surface area contributed by atoms with E-state index in [0.717, 1.165) is 22.3 Å². The zero-order valence-electron chi connectivity index (χ0n) is 11.0. The van der Waals surface area contributed by atoms with Gasteiger partial charge in [0.25, 0.3) is 5.91 Å². The highest BCUT2D eigenvalue weighted by Gasteiger charge is 2.09. The third kappa shape index (κ3) is 4.28. The van der Waals surface area contributed by atoms with Gasteiger partial charge in [-0.25, -0.2) is 4.98 Å². The number of nitrogens with zero attached hydrogens (tertiary/aromatic N) is 2. The summed E-state index contributed by atoms with van der Waals surface area (Å²) in [5.74, 6) is 0.403. The van der Waals surface area contributed by atoms with Crippen molar-refractivity contribution in [1.82, 2.24) is 15.3 Å². The van der Waals surface area contributed by atoms with Crippen LogP contribution in [-0.4, -0.2) is 22.4 Å². The van der Waals surface area contributed by atoms with Crippen LogP contribution < -0.4 is 10.6 Å². The SMILES string of the molecule is CCCNc1cncc(C(=O)NCc2cc(Br)cs2)n1. The summed E-state index contributed by atoms with van der Waals surface area (Å²) in [6.07, 6.45) is 4.07. The average molecular weight is 355 g/mol. The van der Waals surface area contributed by atoms with Gasteiger partial charge in [-0.3, -0.25) is 9.78 Å². The number of carbonyl (C=O) groups is 1. The molecule has 0 unspecified atom stereocenters. The van der Waals surface area contributed by atoms with Crippen molar-refractivity contribution in [2.24, 2.45) is 0 Å². The minimum atomic E-state index is -0.220. The molecular weight excluding hydrogens is 340 g/mol. The van der Waals surface area contributed by atoms with E-state index in [1.54, 1.807) is 17.5 Å². The number of halogens is 1. The first kappa shape index (κ1) is 14.9. The van der Waals surface area contributed by atoms with Crippen molar-refractivity contribution >= 4 is 39.0 Å². The fourth-order valence-electron chi connectivity index (χ4n) is 1.52. The summed E-state index contributed by atoms with van der Waals surface area (Å²) in [4.78, 5) is 21.3. The van der Waals surface area contributed by atoms with Crippen LogP contribution in [0.1, 0.15) is 28.7 Å². The lowest BCUT2D eigenvalue weighted by Crippen LogP contribution is -2.24. The van der Waals surface area contributed by atoms with E-state index in [1.807, 2.05) is 11.4 Å². The Morgan fingerprint density at radius 2 is 2.30 bits per heavy atom. The van der Waals surface area contributed by atoms with Gasteiger partial charge in [0.05, 0.1) is 18.9 Å². The summed E-state index contributed by atoms with van der Waals surface area (Å²) in [5.41, 5.74) is 0.321. The first-order valence-corrected chi connectivity index (χ1v) is 7.93. The molecule has 0 radical (unpaired) electrons. The van der Waals surface area contributed by atoms with Crippen LogP contribution >= 0.6 is 27.3 Å². The number of anilines is 1. The average Bonchev–Trinajstić information content (AvgIpc) is 2.88. The minimum Gasteiger partial charge on any atom is -0.369 e. The van der Waals surface area contributed by atoms with Gasteiger partial charge in [-0.1, -0.05) is 6.92 Å². The van der Waals surface area contributed by atoms with Gasteiger partial charge in [0, 0.05) is 21.3 Å².